The first-order chi connectivity index (χ1) is 6.75. The lowest BCUT2D eigenvalue weighted by atomic mass is 9.94. The molecule has 76 valence electrons. The highest BCUT2D eigenvalue weighted by atomic mass is 19.3. The summed E-state index contributed by atoms with van der Waals surface area (Å²) < 4.78 is 28.1. The Morgan fingerprint density at radius 1 is 1.36 bits per heavy atom. The number of halogens is 2. The van der Waals surface area contributed by atoms with Gasteiger partial charge in [0.15, 0.2) is 0 Å². The summed E-state index contributed by atoms with van der Waals surface area (Å²) in [6.45, 7) is -0.916. The summed E-state index contributed by atoms with van der Waals surface area (Å²) in [6, 6.07) is 6.90. The zero-order valence-corrected chi connectivity index (χ0v) is 7.54. The molecular weight excluding hydrogens is 188 g/mol. The molecule has 0 atom stereocenters. The molecule has 2 rings (SSSR count). The highest BCUT2D eigenvalue weighted by Gasteiger charge is 2.19. The lowest BCUT2D eigenvalue weighted by Crippen LogP contribution is -2.39. The molecule has 14 heavy (non-hydrogen) atoms. The van der Waals surface area contributed by atoms with Gasteiger partial charge in [0.2, 0.25) is 0 Å². The van der Waals surface area contributed by atoms with E-state index in [0.29, 0.717) is 5.92 Å². The predicted molar refractivity (Wildman–Crippen MR) is 48.7 cm³/mol. The highest BCUT2D eigenvalue weighted by molar-refractivity contribution is 5.32. The Bertz CT molecular complexity index is 313. The van der Waals surface area contributed by atoms with E-state index in [4.69, 9.17) is 0 Å². The fourth-order valence-corrected chi connectivity index (χ4v) is 1.47. The van der Waals surface area contributed by atoms with Gasteiger partial charge in [-0.2, -0.15) is 8.78 Å². The van der Waals surface area contributed by atoms with Gasteiger partial charge in [0.05, 0.1) is 0 Å². The molecule has 1 N–H and O–H groups in total. The van der Waals surface area contributed by atoms with E-state index in [2.05, 4.69) is 10.1 Å². The fraction of sp³-hybridized carbons (Fsp3) is 0.400. The second-order valence-corrected chi connectivity index (χ2v) is 3.31. The van der Waals surface area contributed by atoms with Crippen molar-refractivity contribution in [1.82, 2.24) is 5.32 Å². The fourth-order valence-electron chi connectivity index (χ4n) is 1.47. The van der Waals surface area contributed by atoms with Gasteiger partial charge in [-0.3, -0.25) is 0 Å². The van der Waals surface area contributed by atoms with Crippen LogP contribution in [0.3, 0.4) is 0 Å². The Hall–Kier alpha value is -1.16. The van der Waals surface area contributed by atoms with Gasteiger partial charge in [-0.1, -0.05) is 12.1 Å². The molecule has 0 aliphatic carbocycles. The van der Waals surface area contributed by atoms with E-state index >= 15 is 0 Å². The van der Waals surface area contributed by atoms with E-state index in [9.17, 15) is 8.78 Å². The summed E-state index contributed by atoms with van der Waals surface area (Å²) in [5, 5.41) is 3.13. The molecule has 2 nitrogen and oxygen atoms in total. The van der Waals surface area contributed by atoms with Crippen LogP contribution in [0.1, 0.15) is 11.5 Å². The normalized spacial score (nSPS) is 16.8. The van der Waals surface area contributed by atoms with Crippen molar-refractivity contribution in [3.8, 4) is 5.75 Å². The number of hydrogen-bond donors (Lipinski definition) is 1. The number of ether oxygens (including phenoxy) is 1. The summed E-state index contributed by atoms with van der Waals surface area (Å²) in [6.07, 6.45) is 0. The minimum absolute atomic E-state index is 0.240. The summed E-state index contributed by atoms with van der Waals surface area (Å²) >= 11 is 0. The van der Waals surface area contributed by atoms with Crippen molar-refractivity contribution in [1.29, 1.82) is 0 Å². The molecule has 1 fully saturated rings. The first-order valence-electron chi connectivity index (χ1n) is 4.51. The number of alkyl halides is 2. The van der Waals surface area contributed by atoms with Gasteiger partial charge >= 0.3 is 6.61 Å². The topological polar surface area (TPSA) is 21.3 Å². The Balaban J connectivity index is 2.09. The number of nitrogens with one attached hydrogen (secondary N) is 1. The second-order valence-electron chi connectivity index (χ2n) is 3.31. The van der Waals surface area contributed by atoms with E-state index in [1.165, 1.54) is 0 Å². The molecule has 1 aliphatic heterocycles. The number of rotatable bonds is 3. The van der Waals surface area contributed by atoms with Gasteiger partial charge in [-0.25, -0.2) is 0 Å². The third kappa shape index (κ3) is 2.01. The van der Waals surface area contributed by atoms with Gasteiger partial charge in [-0.05, 0) is 17.7 Å². The van der Waals surface area contributed by atoms with Crippen LogP contribution in [0.15, 0.2) is 24.3 Å². The maximum Gasteiger partial charge on any atom is 0.387 e. The van der Waals surface area contributed by atoms with Crippen molar-refractivity contribution >= 4 is 0 Å². The zero-order chi connectivity index (χ0) is 9.97. The summed E-state index contributed by atoms with van der Waals surface area (Å²) in [7, 11) is 0. The van der Waals surface area contributed by atoms with Gasteiger partial charge < -0.3 is 10.1 Å². The standard InChI is InChI=1S/C10H11F2NO/c11-10(12)14-9-3-1-2-7(4-9)8-5-13-6-8/h1-4,8,10,13H,5-6H2. The van der Waals surface area contributed by atoms with Crippen LogP contribution >= 0.6 is 0 Å². The van der Waals surface area contributed by atoms with Crippen LogP contribution in [0.5, 0.6) is 5.75 Å². The van der Waals surface area contributed by atoms with Crippen LogP contribution in [-0.4, -0.2) is 19.7 Å². The van der Waals surface area contributed by atoms with E-state index in [0.717, 1.165) is 18.7 Å². The highest BCUT2D eigenvalue weighted by Crippen LogP contribution is 2.24. The van der Waals surface area contributed by atoms with Crippen LogP contribution in [0.4, 0.5) is 8.78 Å². The Morgan fingerprint density at radius 3 is 2.71 bits per heavy atom. The van der Waals surface area contributed by atoms with E-state index in [1.807, 2.05) is 6.07 Å². The van der Waals surface area contributed by atoms with Crippen molar-refractivity contribution < 1.29 is 13.5 Å². The molecule has 1 saturated heterocycles. The van der Waals surface area contributed by atoms with Crippen LogP contribution in [0, 0.1) is 0 Å². The smallest absolute Gasteiger partial charge is 0.387 e. The van der Waals surface area contributed by atoms with E-state index < -0.39 is 6.61 Å². The number of hydrogen-bond acceptors (Lipinski definition) is 2. The van der Waals surface area contributed by atoms with Crippen LogP contribution in [-0.2, 0) is 0 Å². The van der Waals surface area contributed by atoms with Crippen LogP contribution in [0.25, 0.3) is 0 Å². The SMILES string of the molecule is FC(F)Oc1cccc(C2CNC2)c1. The lowest BCUT2D eigenvalue weighted by Gasteiger charge is -2.27. The van der Waals surface area contributed by atoms with Gasteiger partial charge in [0, 0.05) is 19.0 Å². The van der Waals surface area contributed by atoms with E-state index in [-0.39, 0.29) is 5.75 Å². The number of benzene rings is 1. The van der Waals surface area contributed by atoms with Gasteiger partial charge in [0.1, 0.15) is 5.75 Å². The largest absolute Gasteiger partial charge is 0.435 e. The van der Waals surface area contributed by atoms with Crippen molar-refractivity contribution in [3.05, 3.63) is 29.8 Å². The Kier molecular flexibility index (Phi) is 2.63. The van der Waals surface area contributed by atoms with Crippen LogP contribution < -0.4 is 10.1 Å². The van der Waals surface area contributed by atoms with Crippen molar-refractivity contribution in [3.63, 3.8) is 0 Å². The van der Waals surface area contributed by atoms with Crippen molar-refractivity contribution in [2.75, 3.05) is 13.1 Å². The van der Waals surface area contributed by atoms with Crippen molar-refractivity contribution in [2.45, 2.75) is 12.5 Å². The summed E-state index contributed by atoms with van der Waals surface area (Å²) in [4.78, 5) is 0. The molecule has 0 saturated carbocycles. The molecule has 1 aliphatic rings. The summed E-state index contributed by atoms with van der Waals surface area (Å²) in [5.41, 5.74) is 1.06. The molecule has 0 radical (unpaired) electrons. The minimum Gasteiger partial charge on any atom is -0.435 e. The Morgan fingerprint density at radius 2 is 2.14 bits per heavy atom. The summed E-state index contributed by atoms with van der Waals surface area (Å²) in [5.74, 6) is 0.681. The monoisotopic (exact) mass is 199 g/mol. The maximum absolute atomic E-state index is 11.9. The molecule has 1 heterocycles. The average molecular weight is 199 g/mol. The third-order valence-corrected chi connectivity index (χ3v) is 2.34. The molecule has 0 aromatic heterocycles. The zero-order valence-electron chi connectivity index (χ0n) is 7.54. The molecule has 0 spiro atoms. The van der Waals surface area contributed by atoms with Crippen LogP contribution in [0.2, 0.25) is 0 Å². The average Bonchev–Trinajstić information content (AvgIpc) is 1.99. The molecular formula is C10H11F2NO. The molecule has 0 unspecified atom stereocenters. The quantitative estimate of drug-likeness (QED) is 0.803. The molecule has 0 bridgehead atoms. The van der Waals surface area contributed by atoms with Gasteiger partial charge in [0.25, 0.3) is 0 Å². The van der Waals surface area contributed by atoms with Gasteiger partial charge in [-0.15, -0.1) is 0 Å². The maximum atomic E-state index is 11.9. The van der Waals surface area contributed by atoms with E-state index in [1.54, 1.807) is 18.2 Å². The Labute approximate surface area is 80.9 Å². The molecule has 1 aromatic carbocycles. The second kappa shape index (κ2) is 3.92. The molecule has 4 heteroatoms. The lowest BCUT2D eigenvalue weighted by molar-refractivity contribution is -0.0499. The van der Waals surface area contributed by atoms with Crippen molar-refractivity contribution in [2.24, 2.45) is 0 Å². The minimum atomic E-state index is -2.75. The first kappa shape index (κ1) is 9.40. The third-order valence-electron chi connectivity index (χ3n) is 2.34. The predicted octanol–water partition coefficient (Wildman–Crippen LogP) is 1.97. The molecule has 0 amide bonds. The molecule has 1 aromatic rings. The first-order valence-corrected chi connectivity index (χ1v) is 4.51.